The Balaban J connectivity index is 1.62. The minimum absolute atomic E-state index is 0.345. The summed E-state index contributed by atoms with van der Waals surface area (Å²) in [5, 5.41) is 5.63. The van der Waals surface area contributed by atoms with Crippen molar-refractivity contribution in [3.05, 3.63) is 60.2 Å². The van der Waals surface area contributed by atoms with E-state index in [4.69, 9.17) is 0 Å². The molecule has 1 aliphatic heterocycles. The van der Waals surface area contributed by atoms with Crippen LogP contribution < -0.4 is 15.5 Å². The van der Waals surface area contributed by atoms with Gasteiger partial charge in [-0.3, -0.25) is 0 Å². The SMILES string of the molecule is COC(=O)/C=C/c1ccccc1NC(=O)Nc1ccc(N2CCCC2)cc1. The smallest absolute Gasteiger partial charge is 0.330 e. The van der Waals surface area contributed by atoms with Gasteiger partial charge in [0.1, 0.15) is 0 Å². The average Bonchev–Trinajstić information content (AvgIpc) is 3.22. The summed E-state index contributed by atoms with van der Waals surface area (Å²) in [6.45, 7) is 2.17. The fraction of sp³-hybridized carbons (Fsp3) is 0.238. The maximum Gasteiger partial charge on any atom is 0.330 e. The molecule has 0 saturated carbocycles. The largest absolute Gasteiger partial charge is 0.466 e. The molecule has 0 unspecified atom stereocenters. The maximum absolute atomic E-state index is 12.3. The van der Waals surface area contributed by atoms with Gasteiger partial charge < -0.3 is 20.3 Å². The summed E-state index contributed by atoms with van der Waals surface area (Å²) in [4.78, 5) is 25.9. The lowest BCUT2D eigenvalue weighted by atomic mass is 10.1. The number of hydrogen-bond donors (Lipinski definition) is 2. The molecule has 0 atom stereocenters. The normalized spacial score (nSPS) is 13.6. The Morgan fingerprint density at radius 2 is 1.70 bits per heavy atom. The zero-order valence-electron chi connectivity index (χ0n) is 15.3. The number of hydrogen-bond acceptors (Lipinski definition) is 4. The molecule has 0 aromatic heterocycles. The second kappa shape index (κ2) is 8.89. The lowest BCUT2D eigenvalue weighted by molar-refractivity contribution is -0.134. The Kier molecular flexibility index (Phi) is 6.10. The molecule has 2 amide bonds. The van der Waals surface area contributed by atoms with Gasteiger partial charge in [0, 0.05) is 36.2 Å². The number of nitrogens with zero attached hydrogens (tertiary/aromatic N) is 1. The zero-order chi connectivity index (χ0) is 19.1. The van der Waals surface area contributed by atoms with Gasteiger partial charge in [-0.25, -0.2) is 9.59 Å². The summed E-state index contributed by atoms with van der Waals surface area (Å²) in [7, 11) is 1.32. The average molecular weight is 365 g/mol. The van der Waals surface area contributed by atoms with Crippen LogP contribution in [-0.2, 0) is 9.53 Å². The number of methoxy groups -OCH3 is 1. The van der Waals surface area contributed by atoms with E-state index in [2.05, 4.69) is 20.3 Å². The van der Waals surface area contributed by atoms with Crippen molar-refractivity contribution in [2.45, 2.75) is 12.8 Å². The first-order valence-electron chi connectivity index (χ1n) is 8.94. The Morgan fingerprint density at radius 3 is 2.41 bits per heavy atom. The third-order valence-electron chi connectivity index (χ3n) is 4.41. The van der Waals surface area contributed by atoms with Crippen LogP contribution in [0.4, 0.5) is 21.9 Å². The van der Waals surface area contributed by atoms with Gasteiger partial charge in [-0.2, -0.15) is 0 Å². The quantitative estimate of drug-likeness (QED) is 0.618. The van der Waals surface area contributed by atoms with Crippen LogP contribution in [0.1, 0.15) is 18.4 Å². The lowest BCUT2D eigenvalue weighted by Gasteiger charge is -2.18. The van der Waals surface area contributed by atoms with Gasteiger partial charge >= 0.3 is 12.0 Å². The molecule has 1 heterocycles. The fourth-order valence-electron chi connectivity index (χ4n) is 3.00. The second-order valence-corrected chi connectivity index (χ2v) is 6.26. The van der Waals surface area contributed by atoms with Crippen molar-refractivity contribution < 1.29 is 14.3 Å². The van der Waals surface area contributed by atoms with Crippen molar-refractivity contribution >= 4 is 35.1 Å². The molecule has 6 heteroatoms. The predicted octanol–water partition coefficient (Wildman–Crippen LogP) is 4.12. The highest BCUT2D eigenvalue weighted by molar-refractivity contribution is 6.01. The number of anilines is 3. The van der Waals surface area contributed by atoms with Crippen LogP contribution in [0.25, 0.3) is 6.08 Å². The first kappa shape index (κ1) is 18.5. The van der Waals surface area contributed by atoms with Gasteiger partial charge in [-0.1, -0.05) is 18.2 Å². The van der Waals surface area contributed by atoms with Crippen LogP contribution in [0.5, 0.6) is 0 Å². The predicted molar refractivity (Wildman–Crippen MR) is 108 cm³/mol. The fourth-order valence-corrected chi connectivity index (χ4v) is 3.00. The topological polar surface area (TPSA) is 70.7 Å². The van der Waals surface area contributed by atoms with Crippen LogP contribution in [0.3, 0.4) is 0 Å². The summed E-state index contributed by atoms with van der Waals surface area (Å²) in [5.41, 5.74) is 3.21. The van der Waals surface area contributed by atoms with Crippen molar-refractivity contribution in [3.8, 4) is 0 Å². The number of rotatable bonds is 5. The van der Waals surface area contributed by atoms with Crippen LogP contribution in [-0.4, -0.2) is 32.2 Å². The molecule has 1 saturated heterocycles. The van der Waals surface area contributed by atoms with Crippen LogP contribution in [0.2, 0.25) is 0 Å². The van der Waals surface area contributed by atoms with E-state index in [0.717, 1.165) is 18.8 Å². The van der Waals surface area contributed by atoms with Crippen LogP contribution in [0, 0.1) is 0 Å². The van der Waals surface area contributed by atoms with E-state index < -0.39 is 5.97 Å². The standard InChI is InChI=1S/C21H23N3O3/c1-27-20(25)13-8-16-6-2-3-7-19(16)23-21(26)22-17-9-11-18(12-10-17)24-14-4-5-15-24/h2-3,6-13H,4-5,14-15H2,1H3,(H2,22,23,26)/b13-8+. The molecule has 27 heavy (non-hydrogen) atoms. The van der Waals surface area contributed by atoms with E-state index >= 15 is 0 Å². The number of benzene rings is 2. The third kappa shape index (κ3) is 5.10. The Labute approximate surface area is 158 Å². The monoisotopic (exact) mass is 365 g/mol. The molecule has 0 aliphatic carbocycles. The van der Waals surface area contributed by atoms with E-state index in [1.54, 1.807) is 18.2 Å². The molecule has 0 spiro atoms. The van der Waals surface area contributed by atoms with E-state index in [1.165, 1.54) is 31.7 Å². The summed E-state index contributed by atoms with van der Waals surface area (Å²) < 4.78 is 4.59. The highest BCUT2D eigenvalue weighted by Gasteiger charge is 2.12. The van der Waals surface area contributed by atoms with Gasteiger partial charge in [0.25, 0.3) is 0 Å². The molecule has 0 radical (unpaired) electrons. The third-order valence-corrected chi connectivity index (χ3v) is 4.41. The van der Waals surface area contributed by atoms with E-state index in [9.17, 15) is 9.59 Å². The molecule has 1 fully saturated rings. The molecule has 6 nitrogen and oxygen atoms in total. The second-order valence-electron chi connectivity index (χ2n) is 6.26. The minimum atomic E-state index is -0.452. The number of carbonyl (C=O) groups is 2. The van der Waals surface area contributed by atoms with Gasteiger partial charge in [0.2, 0.25) is 0 Å². The first-order valence-corrected chi connectivity index (χ1v) is 8.94. The molecule has 2 aromatic rings. The maximum atomic E-state index is 12.3. The molecular weight excluding hydrogens is 342 g/mol. The first-order chi connectivity index (χ1) is 13.2. The van der Waals surface area contributed by atoms with Crippen molar-refractivity contribution in [1.29, 1.82) is 0 Å². The van der Waals surface area contributed by atoms with E-state index in [1.807, 2.05) is 36.4 Å². The number of amides is 2. The number of para-hydroxylation sites is 1. The van der Waals surface area contributed by atoms with Crippen molar-refractivity contribution in [3.63, 3.8) is 0 Å². The van der Waals surface area contributed by atoms with Gasteiger partial charge in [-0.05, 0) is 54.8 Å². The summed E-state index contributed by atoms with van der Waals surface area (Å²) in [5.74, 6) is -0.452. The summed E-state index contributed by atoms with van der Waals surface area (Å²) >= 11 is 0. The van der Waals surface area contributed by atoms with Gasteiger partial charge in [0.05, 0.1) is 7.11 Å². The number of urea groups is 1. The molecular formula is C21H23N3O3. The number of carbonyl (C=O) groups excluding carboxylic acids is 2. The Morgan fingerprint density at radius 1 is 1.00 bits per heavy atom. The van der Waals surface area contributed by atoms with Crippen LogP contribution >= 0.6 is 0 Å². The van der Waals surface area contributed by atoms with Gasteiger partial charge in [0.15, 0.2) is 0 Å². The summed E-state index contributed by atoms with van der Waals surface area (Å²) in [6.07, 6.45) is 5.38. The number of ether oxygens (including phenoxy) is 1. The molecule has 1 aliphatic rings. The van der Waals surface area contributed by atoms with Crippen molar-refractivity contribution in [2.75, 3.05) is 35.7 Å². The van der Waals surface area contributed by atoms with Crippen molar-refractivity contribution in [2.24, 2.45) is 0 Å². The van der Waals surface area contributed by atoms with E-state index in [0.29, 0.717) is 11.3 Å². The number of esters is 1. The molecule has 0 bridgehead atoms. The van der Waals surface area contributed by atoms with Crippen LogP contribution in [0.15, 0.2) is 54.6 Å². The van der Waals surface area contributed by atoms with E-state index in [-0.39, 0.29) is 6.03 Å². The molecule has 140 valence electrons. The van der Waals surface area contributed by atoms with Gasteiger partial charge in [-0.15, -0.1) is 0 Å². The van der Waals surface area contributed by atoms with Crippen molar-refractivity contribution in [1.82, 2.24) is 0 Å². The highest BCUT2D eigenvalue weighted by Crippen LogP contribution is 2.22. The highest BCUT2D eigenvalue weighted by atomic mass is 16.5. The Hall–Kier alpha value is -3.28. The molecule has 2 N–H and O–H groups in total. The lowest BCUT2D eigenvalue weighted by Crippen LogP contribution is -2.20. The summed E-state index contributed by atoms with van der Waals surface area (Å²) in [6, 6.07) is 14.7. The zero-order valence-corrected chi connectivity index (χ0v) is 15.3. The molecule has 2 aromatic carbocycles. The minimum Gasteiger partial charge on any atom is -0.466 e. The molecule has 3 rings (SSSR count). The number of nitrogens with one attached hydrogen (secondary N) is 2. The Bertz CT molecular complexity index is 825.